The van der Waals surface area contributed by atoms with Crippen LogP contribution in [0.25, 0.3) is 33.3 Å². The SMILES string of the molecule is Cc1cc(-c2c(C(C)C)cc(C(C)C)cc2C(C)C)cc(-c2c3ccc(C4CCC(C)(C)CC4)cc3nc[n+]2C)c1C. The van der Waals surface area contributed by atoms with Crippen LogP contribution in [0.3, 0.4) is 0 Å². The first kappa shape index (κ1) is 30.5. The van der Waals surface area contributed by atoms with E-state index in [-0.39, 0.29) is 0 Å². The molecule has 1 fully saturated rings. The summed E-state index contributed by atoms with van der Waals surface area (Å²) in [6.07, 6.45) is 7.18. The number of hydrogen-bond acceptors (Lipinski definition) is 1. The molecule has 2 nitrogen and oxygen atoms in total. The molecule has 1 aromatic heterocycles. The predicted octanol–water partition coefficient (Wildman–Crippen LogP) is 11.1. The Kier molecular flexibility index (Phi) is 8.40. The molecule has 0 N–H and O–H groups in total. The van der Waals surface area contributed by atoms with E-state index in [2.05, 4.69) is 123 Å². The monoisotopic (exact) mass is 561 g/mol. The lowest BCUT2D eigenvalue weighted by molar-refractivity contribution is -0.662. The third kappa shape index (κ3) is 5.79. The first-order valence-corrected chi connectivity index (χ1v) is 16.4. The number of rotatable bonds is 6. The zero-order valence-electron chi connectivity index (χ0n) is 28.2. The molecule has 0 radical (unpaired) electrons. The molecule has 1 aliphatic rings. The number of aryl methyl sites for hydroxylation is 2. The van der Waals surface area contributed by atoms with Crippen LogP contribution in [0.4, 0.5) is 0 Å². The maximum absolute atomic E-state index is 4.95. The van der Waals surface area contributed by atoms with Crippen LogP contribution in [0.2, 0.25) is 0 Å². The molecule has 3 aromatic carbocycles. The second kappa shape index (κ2) is 11.6. The molecule has 0 atom stereocenters. The Bertz CT molecular complexity index is 1580. The number of fused-ring (bicyclic) bond motifs is 1. The van der Waals surface area contributed by atoms with Crippen molar-refractivity contribution < 1.29 is 4.57 Å². The van der Waals surface area contributed by atoms with Gasteiger partial charge in [0.25, 0.3) is 6.33 Å². The van der Waals surface area contributed by atoms with Crippen molar-refractivity contribution >= 4 is 10.9 Å². The molecule has 1 aliphatic carbocycles. The van der Waals surface area contributed by atoms with Crippen LogP contribution >= 0.6 is 0 Å². The lowest BCUT2D eigenvalue weighted by Gasteiger charge is -2.34. The minimum Gasteiger partial charge on any atom is -0.232 e. The Morgan fingerprint density at radius 1 is 0.810 bits per heavy atom. The van der Waals surface area contributed by atoms with E-state index in [9.17, 15) is 0 Å². The number of nitrogens with zero attached hydrogens (tertiary/aromatic N) is 2. The topological polar surface area (TPSA) is 16.8 Å². The molecular weight excluding hydrogens is 508 g/mol. The van der Waals surface area contributed by atoms with Gasteiger partial charge in [0, 0.05) is 5.56 Å². The van der Waals surface area contributed by atoms with Crippen LogP contribution in [0, 0.1) is 19.3 Å². The van der Waals surface area contributed by atoms with Crippen molar-refractivity contribution in [2.75, 3.05) is 0 Å². The van der Waals surface area contributed by atoms with Crippen LogP contribution in [0.15, 0.2) is 48.8 Å². The molecule has 1 heterocycles. The van der Waals surface area contributed by atoms with Gasteiger partial charge >= 0.3 is 0 Å². The normalized spacial score (nSPS) is 15.9. The number of aromatic nitrogens is 2. The molecule has 0 saturated heterocycles. The first-order valence-electron chi connectivity index (χ1n) is 16.4. The molecular formula is C40H53N2+. The highest BCUT2D eigenvalue weighted by molar-refractivity contribution is 5.93. The van der Waals surface area contributed by atoms with Gasteiger partial charge in [0.15, 0.2) is 5.52 Å². The van der Waals surface area contributed by atoms with Gasteiger partial charge in [0.1, 0.15) is 5.69 Å². The fraction of sp³-hybridized carbons (Fsp3) is 0.500. The maximum Gasteiger partial charge on any atom is 0.287 e. The second-order valence-electron chi connectivity index (χ2n) is 14.9. The van der Waals surface area contributed by atoms with Gasteiger partial charge < -0.3 is 0 Å². The lowest BCUT2D eigenvalue weighted by Crippen LogP contribution is -2.32. The van der Waals surface area contributed by atoms with Gasteiger partial charge in [-0.25, -0.2) is 4.57 Å². The van der Waals surface area contributed by atoms with Crippen molar-refractivity contribution in [2.24, 2.45) is 12.5 Å². The summed E-state index contributed by atoms with van der Waals surface area (Å²) >= 11 is 0. The van der Waals surface area contributed by atoms with E-state index in [1.54, 1.807) is 0 Å². The van der Waals surface area contributed by atoms with E-state index < -0.39 is 0 Å². The molecule has 0 bridgehead atoms. The molecule has 222 valence electrons. The van der Waals surface area contributed by atoms with Gasteiger partial charge in [-0.1, -0.05) is 79.7 Å². The Morgan fingerprint density at radius 3 is 2.00 bits per heavy atom. The summed E-state index contributed by atoms with van der Waals surface area (Å²) in [4.78, 5) is 4.95. The molecule has 4 aromatic rings. The van der Waals surface area contributed by atoms with Crippen molar-refractivity contribution in [1.82, 2.24) is 4.98 Å². The van der Waals surface area contributed by atoms with Crippen LogP contribution in [-0.4, -0.2) is 4.98 Å². The van der Waals surface area contributed by atoms with E-state index >= 15 is 0 Å². The number of benzene rings is 3. The van der Waals surface area contributed by atoms with Gasteiger partial charge in [-0.15, -0.1) is 0 Å². The summed E-state index contributed by atoms with van der Waals surface area (Å²) in [6.45, 7) is 23.4. The third-order valence-electron chi connectivity index (χ3n) is 10.2. The smallest absolute Gasteiger partial charge is 0.232 e. The Morgan fingerprint density at radius 2 is 1.43 bits per heavy atom. The molecule has 0 unspecified atom stereocenters. The summed E-state index contributed by atoms with van der Waals surface area (Å²) in [6, 6.07) is 17.0. The predicted molar refractivity (Wildman–Crippen MR) is 181 cm³/mol. The van der Waals surface area contributed by atoms with Crippen molar-refractivity contribution in [2.45, 2.75) is 119 Å². The lowest BCUT2D eigenvalue weighted by atomic mass is 9.71. The highest BCUT2D eigenvalue weighted by Gasteiger charge is 2.29. The molecule has 0 aliphatic heterocycles. The maximum atomic E-state index is 4.95. The van der Waals surface area contributed by atoms with Gasteiger partial charge in [-0.2, -0.15) is 0 Å². The van der Waals surface area contributed by atoms with Crippen LogP contribution in [0.1, 0.15) is 138 Å². The van der Waals surface area contributed by atoms with Crippen molar-refractivity contribution in [3.63, 3.8) is 0 Å². The van der Waals surface area contributed by atoms with Crippen molar-refractivity contribution in [3.05, 3.63) is 82.2 Å². The largest absolute Gasteiger partial charge is 0.287 e. The summed E-state index contributed by atoms with van der Waals surface area (Å²) in [5.41, 5.74) is 15.4. The minimum absolute atomic E-state index is 0.447. The van der Waals surface area contributed by atoms with Crippen molar-refractivity contribution in [3.8, 4) is 22.4 Å². The zero-order valence-corrected chi connectivity index (χ0v) is 28.2. The van der Waals surface area contributed by atoms with Crippen LogP contribution in [0.5, 0.6) is 0 Å². The summed E-state index contributed by atoms with van der Waals surface area (Å²) in [5, 5.41) is 1.24. The zero-order chi connectivity index (χ0) is 30.5. The third-order valence-corrected chi connectivity index (χ3v) is 10.2. The molecule has 2 heteroatoms. The highest BCUT2D eigenvalue weighted by Crippen LogP contribution is 2.44. The average molecular weight is 562 g/mol. The van der Waals surface area contributed by atoms with Gasteiger partial charge in [0.05, 0.1) is 12.4 Å². The fourth-order valence-corrected chi connectivity index (χ4v) is 7.11. The molecule has 1 saturated carbocycles. The van der Waals surface area contributed by atoms with Crippen LogP contribution in [-0.2, 0) is 7.05 Å². The Hall–Kier alpha value is -3.00. The fourth-order valence-electron chi connectivity index (χ4n) is 7.11. The quantitative estimate of drug-likeness (QED) is 0.214. The van der Waals surface area contributed by atoms with E-state index in [4.69, 9.17) is 4.98 Å². The van der Waals surface area contributed by atoms with E-state index in [0.29, 0.717) is 29.1 Å². The minimum atomic E-state index is 0.447. The Labute approximate surface area is 255 Å². The number of hydrogen-bond donors (Lipinski definition) is 0. The van der Waals surface area contributed by atoms with E-state index in [1.165, 1.54) is 86.8 Å². The average Bonchev–Trinajstić information content (AvgIpc) is 2.93. The van der Waals surface area contributed by atoms with Gasteiger partial charge in [-0.05, 0) is 136 Å². The highest BCUT2D eigenvalue weighted by atomic mass is 15.0. The van der Waals surface area contributed by atoms with Gasteiger partial charge in [0.2, 0.25) is 0 Å². The van der Waals surface area contributed by atoms with E-state index in [0.717, 1.165) is 5.52 Å². The van der Waals surface area contributed by atoms with E-state index in [1.807, 2.05) is 6.33 Å². The standard InChI is InChI=1S/C40H53N2/c1-24(2)31-19-34(25(3)4)38(35(20-31)26(5)6)32-18-27(7)28(8)36(21-32)39-33-13-12-30(22-37(33)41-23-42(39)11)29-14-16-40(9,10)17-15-29/h12-13,18-26,29H,14-17H2,1-11H3/q+1. The summed E-state index contributed by atoms with van der Waals surface area (Å²) in [7, 11) is 2.15. The molecule has 0 spiro atoms. The first-order chi connectivity index (χ1) is 19.8. The molecule has 0 amide bonds. The van der Waals surface area contributed by atoms with Crippen molar-refractivity contribution in [1.29, 1.82) is 0 Å². The van der Waals surface area contributed by atoms with Crippen LogP contribution < -0.4 is 4.57 Å². The second-order valence-corrected chi connectivity index (χ2v) is 14.9. The summed E-state index contributed by atoms with van der Waals surface area (Å²) < 4.78 is 2.23. The summed E-state index contributed by atoms with van der Waals surface area (Å²) in [5.74, 6) is 2.05. The van der Waals surface area contributed by atoms with Gasteiger partial charge in [-0.3, -0.25) is 0 Å². The molecule has 5 rings (SSSR count). The molecule has 42 heavy (non-hydrogen) atoms. The Balaban J connectivity index is 1.69.